The number of carbonyl (C=O) groups excluding carboxylic acids is 1. The van der Waals surface area contributed by atoms with Gasteiger partial charge < -0.3 is 14.6 Å². The number of hydrogen-bond acceptors (Lipinski definition) is 3. The van der Waals surface area contributed by atoms with E-state index in [1.165, 1.54) is 0 Å². The second kappa shape index (κ2) is 19.3. The Morgan fingerprint density at radius 2 is 1.63 bits per heavy atom. The van der Waals surface area contributed by atoms with Crippen molar-refractivity contribution in [3.05, 3.63) is 150 Å². The largest absolute Gasteiger partial charge is 0.497 e. The van der Waals surface area contributed by atoms with Crippen molar-refractivity contribution in [2.24, 2.45) is 0 Å². The van der Waals surface area contributed by atoms with Crippen molar-refractivity contribution in [1.82, 2.24) is 14.9 Å². The van der Waals surface area contributed by atoms with Gasteiger partial charge in [0.05, 0.1) is 18.8 Å². The third kappa shape index (κ3) is 11.1. The fourth-order valence-corrected chi connectivity index (χ4v) is 4.87. The molecule has 0 radical (unpaired) electrons. The molecule has 1 amide bonds. The number of allylic oxidation sites excluding steroid dienone is 9. The van der Waals surface area contributed by atoms with Gasteiger partial charge in [-0.15, -0.1) is 0 Å². The number of benzene rings is 3. The number of nitrogens with one attached hydrogen (secondary N) is 1. The van der Waals surface area contributed by atoms with E-state index in [0.717, 1.165) is 45.3 Å². The minimum Gasteiger partial charge on any atom is -0.497 e. The van der Waals surface area contributed by atoms with Crippen LogP contribution in [0.15, 0.2) is 127 Å². The Labute approximate surface area is 275 Å². The van der Waals surface area contributed by atoms with E-state index >= 15 is 0 Å². The molecular weight excluding hydrogens is 566 g/mol. The lowest BCUT2D eigenvalue weighted by Gasteiger charge is -2.17. The molecule has 0 spiro atoms. The first-order valence-corrected chi connectivity index (χ1v) is 15.8. The third-order valence-corrected chi connectivity index (χ3v) is 7.09. The summed E-state index contributed by atoms with van der Waals surface area (Å²) in [6.07, 6.45) is 25.2. The molecule has 0 saturated carbocycles. The molecule has 1 N–H and O–H groups in total. The van der Waals surface area contributed by atoms with Crippen LogP contribution in [-0.2, 0) is 11.3 Å². The zero-order valence-corrected chi connectivity index (χ0v) is 28.0. The van der Waals surface area contributed by atoms with E-state index < -0.39 is 0 Å². The van der Waals surface area contributed by atoms with Crippen LogP contribution in [-0.4, -0.2) is 22.6 Å². The standard InChI is InChI=1S/C36H37N3O2.C5H10/c1-5-11-28(12-6-2)13-9-16-31-25-39(35(38-31)24-21-29-19-22-32(41-4)23-20-29)26-36(40)37-27(3)33-18-10-15-30-14-7-8-17-34(30)33;1-3-5-4-2/h5-25,27H,26H2,1-4H3,(H,37,40);3,5H,4H2,1-2H3/b11-5-,12-6+,16-9+,24-21+,28-13+;5-3-. The highest BCUT2D eigenvalue weighted by Crippen LogP contribution is 2.24. The van der Waals surface area contributed by atoms with E-state index in [2.05, 4.69) is 48.7 Å². The SMILES string of the molecule is C/C=C\CC.C\C=C/C(=C\C=C\c1cn(CC(=O)NC(C)c2cccc3ccccc23)c(/C=C/c2ccc(OC)cc2)n1)/C=C/C. The van der Waals surface area contributed by atoms with Gasteiger partial charge in [-0.05, 0) is 85.9 Å². The highest BCUT2D eigenvalue weighted by atomic mass is 16.5. The lowest BCUT2D eigenvalue weighted by Crippen LogP contribution is -2.30. The molecule has 4 rings (SSSR count). The van der Waals surface area contributed by atoms with Gasteiger partial charge in [0.25, 0.3) is 0 Å². The van der Waals surface area contributed by atoms with E-state index in [1.54, 1.807) is 7.11 Å². The predicted molar refractivity (Wildman–Crippen MR) is 197 cm³/mol. The normalized spacial score (nSPS) is 12.9. The summed E-state index contributed by atoms with van der Waals surface area (Å²) in [7, 11) is 1.65. The maximum Gasteiger partial charge on any atom is 0.240 e. The number of rotatable bonds is 12. The van der Waals surface area contributed by atoms with Crippen molar-refractivity contribution in [3.63, 3.8) is 0 Å². The molecule has 0 aliphatic heterocycles. The fraction of sp³-hybridized carbons (Fsp3) is 0.220. The van der Waals surface area contributed by atoms with Crippen LogP contribution in [0.25, 0.3) is 29.0 Å². The highest BCUT2D eigenvalue weighted by Gasteiger charge is 2.14. The summed E-state index contributed by atoms with van der Waals surface area (Å²) < 4.78 is 7.15. The molecule has 46 heavy (non-hydrogen) atoms. The molecule has 238 valence electrons. The quantitative estimate of drug-likeness (QED) is 0.128. The van der Waals surface area contributed by atoms with Crippen molar-refractivity contribution in [2.45, 2.75) is 53.6 Å². The molecule has 1 aromatic heterocycles. The van der Waals surface area contributed by atoms with E-state index in [1.807, 2.05) is 136 Å². The van der Waals surface area contributed by atoms with Crippen molar-refractivity contribution in [2.75, 3.05) is 7.11 Å². The summed E-state index contributed by atoms with van der Waals surface area (Å²) in [5, 5.41) is 5.48. The third-order valence-electron chi connectivity index (χ3n) is 7.09. The number of imidazole rings is 1. The van der Waals surface area contributed by atoms with Crippen molar-refractivity contribution < 1.29 is 9.53 Å². The molecule has 1 unspecified atom stereocenters. The molecule has 1 atom stereocenters. The predicted octanol–water partition coefficient (Wildman–Crippen LogP) is 10.2. The van der Waals surface area contributed by atoms with Gasteiger partial charge in [0, 0.05) is 6.20 Å². The van der Waals surface area contributed by atoms with Gasteiger partial charge in [-0.2, -0.15) is 0 Å². The van der Waals surface area contributed by atoms with Crippen LogP contribution < -0.4 is 10.1 Å². The van der Waals surface area contributed by atoms with Crippen molar-refractivity contribution >= 4 is 34.9 Å². The highest BCUT2D eigenvalue weighted by molar-refractivity contribution is 5.87. The van der Waals surface area contributed by atoms with Crippen LogP contribution in [0.4, 0.5) is 0 Å². The number of amides is 1. The van der Waals surface area contributed by atoms with E-state index in [-0.39, 0.29) is 18.5 Å². The molecule has 0 aliphatic rings. The molecule has 5 nitrogen and oxygen atoms in total. The summed E-state index contributed by atoms with van der Waals surface area (Å²) >= 11 is 0. The molecule has 5 heteroatoms. The Morgan fingerprint density at radius 3 is 2.28 bits per heavy atom. The van der Waals surface area contributed by atoms with Crippen LogP contribution >= 0.6 is 0 Å². The Hall–Kier alpha value is -5.16. The molecular formula is C41H47N3O2. The van der Waals surface area contributed by atoms with Crippen LogP contribution in [0.2, 0.25) is 0 Å². The Bertz CT molecular complexity index is 1700. The smallest absolute Gasteiger partial charge is 0.240 e. The van der Waals surface area contributed by atoms with E-state index in [0.29, 0.717) is 5.82 Å². The zero-order valence-electron chi connectivity index (χ0n) is 28.0. The monoisotopic (exact) mass is 613 g/mol. The zero-order chi connectivity index (χ0) is 33.1. The average molecular weight is 614 g/mol. The molecule has 0 fully saturated rings. The first kappa shape index (κ1) is 35.3. The molecule has 1 heterocycles. The number of carbonyl (C=O) groups is 1. The number of hydrogen-bond donors (Lipinski definition) is 1. The molecule has 0 bridgehead atoms. The van der Waals surface area contributed by atoms with Gasteiger partial charge in [-0.1, -0.05) is 116 Å². The number of ether oxygens (including phenoxy) is 1. The summed E-state index contributed by atoms with van der Waals surface area (Å²) in [6, 6.07) is 22.1. The molecule has 3 aromatic carbocycles. The minimum atomic E-state index is -0.142. The van der Waals surface area contributed by atoms with Crippen LogP contribution in [0.5, 0.6) is 5.75 Å². The van der Waals surface area contributed by atoms with Crippen LogP contribution in [0.1, 0.15) is 69.7 Å². The van der Waals surface area contributed by atoms with E-state index in [9.17, 15) is 4.79 Å². The van der Waals surface area contributed by atoms with Gasteiger partial charge in [0.15, 0.2) is 0 Å². The average Bonchev–Trinajstić information content (AvgIpc) is 3.45. The fourth-order valence-electron chi connectivity index (χ4n) is 4.87. The number of fused-ring (bicyclic) bond motifs is 1. The van der Waals surface area contributed by atoms with Crippen molar-refractivity contribution in [1.29, 1.82) is 0 Å². The van der Waals surface area contributed by atoms with E-state index in [4.69, 9.17) is 9.72 Å². The van der Waals surface area contributed by atoms with Crippen LogP contribution in [0, 0.1) is 0 Å². The Kier molecular flexibility index (Phi) is 14.8. The lowest BCUT2D eigenvalue weighted by atomic mass is 10.00. The Morgan fingerprint density at radius 1 is 0.913 bits per heavy atom. The summed E-state index contributed by atoms with van der Waals surface area (Å²) in [6.45, 7) is 10.3. The first-order valence-electron chi connectivity index (χ1n) is 15.8. The van der Waals surface area contributed by atoms with Gasteiger partial charge in [-0.25, -0.2) is 4.98 Å². The van der Waals surface area contributed by atoms with Crippen LogP contribution in [0.3, 0.4) is 0 Å². The summed E-state index contributed by atoms with van der Waals surface area (Å²) in [5.41, 5.74) is 3.96. The van der Waals surface area contributed by atoms with Crippen molar-refractivity contribution in [3.8, 4) is 5.75 Å². The first-order chi connectivity index (χ1) is 22.4. The van der Waals surface area contributed by atoms with Gasteiger partial charge in [0.1, 0.15) is 18.1 Å². The van der Waals surface area contributed by atoms with Gasteiger partial charge in [0.2, 0.25) is 5.91 Å². The molecule has 0 saturated heterocycles. The Balaban J connectivity index is 0.00000107. The van der Waals surface area contributed by atoms with Gasteiger partial charge >= 0.3 is 0 Å². The summed E-state index contributed by atoms with van der Waals surface area (Å²) in [5.74, 6) is 1.41. The maximum atomic E-state index is 13.2. The topological polar surface area (TPSA) is 56.2 Å². The maximum absolute atomic E-state index is 13.2. The molecule has 4 aromatic rings. The molecule has 0 aliphatic carbocycles. The second-order valence-corrected chi connectivity index (χ2v) is 10.6. The number of nitrogens with zero attached hydrogens (tertiary/aromatic N) is 2. The number of methoxy groups -OCH3 is 1. The van der Waals surface area contributed by atoms with Gasteiger partial charge in [-0.3, -0.25) is 4.79 Å². The number of aromatic nitrogens is 2. The lowest BCUT2D eigenvalue weighted by molar-refractivity contribution is -0.122. The summed E-state index contributed by atoms with van der Waals surface area (Å²) in [4.78, 5) is 18.0. The second-order valence-electron chi connectivity index (χ2n) is 10.6. The minimum absolute atomic E-state index is 0.0826.